The number of hydrogen-bond donors (Lipinski definition) is 0. The molecular weight excluding hydrogens is 318 g/mol. The normalized spacial score (nSPS) is 14.5. The summed E-state index contributed by atoms with van der Waals surface area (Å²) in [4.78, 5) is 23.9. The highest BCUT2D eigenvalue weighted by Crippen LogP contribution is 2.31. The number of nitrogens with zero attached hydrogens (tertiary/aromatic N) is 3. The number of aromatic nitrogens is 1. The Hall–Kier alpha value is -2.27. The van der Waals surface area contributed by atoms with Gasteiger partial charge in [0.2, 0.25) is 0 Å². The Morgan fingerprint density at radius 1 is 1.42 bits per heavy atom. The predicted octanol–water partition coefficient (Wildman–Crippen LogP) is 4.21. The zero-order valence-electron chi connectivity index (χ0n) is 14.0. The van der Waals surface area contributed by atoms with E-state index < -0.39 is 0 Å². The molecule has 0 atom stereocenters. The highest BCUT2D eigenvalue weighted by Gasteiger charge is 2.33. The Labute approximate surface area is 146 Å². The molecule has 0 radical (unpaired) electrons. The van der Waals surface area contributed by atoms with Gasteiger partial charge in [0.05, 0.1) is 16.1 Å². The lowest BCUT2D eigenvalue weighted by molar-refractivity contribution is -0.128. The molecule has 1 amide bonds. The molecule has 1 aromatic heterocycles. The third-order valence-electron chi connectivity index (χ3n) is 4.23. The number of thiazole rings is 1. The SMILES string of the molecule is C=N/C(=C\C)C(=O)N(Cc1ccc(-c2scnc2C)cc1)C1CC1. The topological polar surface area (TPSA) is 45.6 Å². The predicted molar refractivity (Wildman–Crippen MR) is 99.2 cm³/mol. The molecule has 0 spiro atoms. The highest BCUT2D eigenvalue weighted by atomic mass is 32.1. The lowest BCUT2D eigenvalue weighted by Gasteiger charge is -2.22. The van der Waals surface area contributed by atoms with Gasteiger partial charge in [-0.25, -0.2) is 4.98 Å². The molecule has 0 bridgehead atoms. The number of aliphatic imine (C=N–C) groups is 1. The lowest BCUT2D eigenvalue weighted by Crippen LogP contribution is -2.33. The number of hydrogen-bond acceptors (Lipinski definition) is 4. The van der Waals surface area contributed by atoms with Crippen molar-refractivity contribution in [3.8, 4) is 10.4 Å². The first kappa shape index (κ1) is 16.6. The molecule has 0 unspecified atom stereocenters. The van der Waals surface area contributed by atoms with Crippen molar-refractivity contribution >= 4 is 24.0 Å². The monoisotopic (exact) mass is 339 g/mol. The summed E-state index contributed by atoms with van der Waals surface area (Å²) in [6.45, 7) is 7.95. The molecule has 2 aromatic rings. The molecule has 5 heteroatoms. The fourth-order valence-corrected chi connectivity index (χ4v) is 3.53. The third kappa shape index (κ3) is 3.46. The summed E-state index contributed by atoms with van der Waals surface area (Å²) < 4.78 is 0. The van der Waals surface area contributed by atoms with E-state index in [1.165, 1.54) is 10.4 Å². The lowest BCUT2D eigenvalue weighted by atomic mass is 10.1. The molecule has 1 fully saturated rings. The van der Waals surface area contributed by atoms with E-state index in [0.29, 0.717) is 18.3 Å². The number of benzene rings is 1. The van der Waals surface area contributed by atoms with Gasteiger partial charge in [-0.1, -0.05) is 30.3 Å². The van der Waals surface area contributed by atoms with Gasteiger partial charge >= 0.3 is 0 Å². The highest BCUT2D eigenvalue weighted by molar-refractivity contribution is 7.13. The second-order valence-corrected chi connectivity index (χ2v) is 6.81. The number of amides is 1. The standard InChI is InChI=1S/C19H21N3OS/c1-4-17(20-3)19(23)22(16-9-10-16)11-14-5-7-15(8-6-14)18-13(2)21-12-24-18/h4-8,12,16H,3,9-11H2,1-2H3/b17-4-. The Kier molecular flexibility index (Phi) is 4.90. The van der Waals surface area contributed by atoms with Crippen molar-refractivity contribution in [3.63, 3.8) is 0 Å². The van der Waals surface area contributed by atoms with E-state index in [1.807, 2.05) is 24.3 Å². The van der Waals surface area contributed by atoms with Crippen LogP contribution < -0.4 is 0 Å². The summed E-state index contributed by atoms with van der Waals surface area (Å²) in [7, 11) is 0. The van der Waals surface area contributed by atoms with Gasteiger partial charge in [-0.3, -0.25) is 9.79 Å². The maximum Gasteiger partial charge on any atom is 0.272 e. The Morgan fingerprint density at radius 3 is 2.62 bits per heavy atom. The molecule has 4 nitrogen and oxygen atoms in total. The van der Waals surface area contributed by atoms with E-state index in [9.17, 15) is 4.79 Å². The molecule has 0 aliphatic heterocycles. The second kappa shape index (κ2) is 7.09. The number of carbonyl (C=O) groups is 1. The summed E-state index contributed by atoms with van der Waals surface area (Å²) in [5, 5.41) is 0. The average molecular weight is 339 g/mol. The van der Waals surface area contributed by atoms with Gasteiger partial charge in [-0.2, -0.15) is 0 Å². The smallest absolute Gasteiger partial charge is 0.272 e. The number of allylic oxidation sites excluding steroid dienone is 1. The molecule has 0 N–H and O–H groups in total. The first-order chi connectivity index (χ1) is 11.6. The number of rotatable bonds is 6. The molecule has 124 valence electrons. The van der Waals surface area contributed by atoms with Crippen LogP contribution in [0, 0.1) is 6.92 Å². The minimum absolute atomic E-state index is 0.0302. The van der Waals surface area contributed by atoms with Crippen molar-refractivity contribution in [1.82, 2.24) is 9.88 Å². The van der Waals surface area contributed by atoms with Gasteiger partial charge in [0, 0.05) is 12.6 Å². The minimum atomic E-state index is -0.0302. The van der Waals surface area contributed by atoms with Gasteiger partial charge in [0.15, 0.2) is 0 Å². The molecule has 24 heavy (non-hydrogen) atoms. The van der Waals surface area contributed by atoms with Crippen molar-refractivity contribution in [2.24, 2.45) is 4.99 Å². The molecule has 0 saturated heterocycles. The molecule has 1 aliphatic carbocycles. The number of aryl methyl sites for hydroxylation is 1. The minimum Gasteiger partial charge on any atom is -0.330 e. The zero-order valence-corrected chi connectivity index (χ0v) is 14.8. The van der Waals surface area contributed by atoms with Crippen LogP contribution in [0.25, 0.3) is 10.4 Å². The molecule has 3 rings (SSSR count). The Bertz CT molecular complexity index is 772. The number of carbonyl (C=O) groups excluding carboxylic acids is 1. The van der Waals surface area contributed by atoms with E-state index in [2.05, 4.69) is 41.0 Å². The van der Waals surface area contributed by atoms with E-state index >= 15 is 0 Å². The van der Waals surface area contributed by atoms with Crippen LogP contribution in [0.4, 0.5) is 0 Å². The largest absolute Gasteiger partial charge is 0.330 e. The van der Waals surface area contributed by atoms with Gasteiger partial charge in [0.1, 0.15) is 5.70 Å². The maximum absolute atomic E-state index is 12.6. The summed E-state index contributed by atoms with van der Waals surface area (Å²) in [5.74, 6) is -0.0302. The van der Waals surface area contributed by atoms with Crippen molar-refractivity contribution < 1.29 is 4.79 Å². The fraction of sp³-hybridized carbons (Fsp3) is 0.316. The zero-order chi connectivity index (χ0) is 17.1. The summed E-state index contributed by atoms with van der Waals surface area (Å²) in [6, 6.07) is 8.72. The average Bonchev–Trinajstić information content (AvgIpc) is 3.35. The summed E-state index contributed by atoms with van der Waals surface area (Å²) in [6.07, 6.45) is 3.86. The van der Waals surface area contributed by atoms with Crippen molar-refractivity contribution in [2.75, 3.05) is 0 Å². The first-order valence-electron chi connectivity index (χ1n) is 8.07. The van der Waals surface area contributed by atoms with Crippen molar-refractivity contribution in [2.45, 2.75) is 39.3 Å². The molecule has 1 saturated carbocycles. The van der Waals surface area contributed by atoms with Crippen molar-refractivity contribution in [3.05, 3.63) is 52.8 Å². The van der Waals surface area contributed by atoms with Crippen LogP contribution in [0.3, 0.4) is 0 Å². The summed E-state index contributed by atoms with van der Waals surface area (Å²) >= 11 is 1.65. The molecular formula is C19H21N3OS. The van der Waals surface area contributed by atoms with Crippen LogP contribution in [0.15, 0.2) is 46.5 Å². The van der Waals surface area contributed by atoms with Crippen LogP contribution in [-0.4, -0.2) is 28.6 Å². The van der Waals surface area contributed by atoms with Crippen LogP contribution in [0.2, 0.25) is 0 Å². The Balaban J connectivity index is 1.77. The van der Waals surface area contributed by atoms with Crippen LogP contribution in [-0.2, 0) is 11.3 Å². The van der Waals surface area contributed by atoms with E-state index in [-0.39, 0.29) is 5.91 Å². The quantitative estimate of drug-likeness (QED) is 0.584. The molecule has 1 heterocycles. The van der Waals surface area contributed by atoms with Gasteiger partial charge in [0.25, 0.3) is 5.91 Å². The Morgan fingerprint density at radius 2 is 2.12 bits per heavy atom. The van der Waals surface area contributed by atoms with Crippen LogP contribution in [0.1, 0.15) is 31.0 Å². The maximum atomic E-state index is 12.6. The fourth-order valence-electron chi connectivity index (χ4n) is 2.72. The van der Waals surface area contributed by atoms with Crippen molar-refractivity contribution in [1.29, 1.82) is 0 Å². The molecule has 1 aromatic carbocycles. The van der Waals surface area contributed by atoms with Gasteiger partial charge in [-0.15, -0.1) is 11.3 Å². The van der Waals surface area contributed by atoms with Gasteiger partial charge < -0.3 is 4.90 Å². The first-order valence-corrected chi connectivity index (χ1v) is 8.95. The van der Waals surface area contributed by atoms with E-state index in [0.717, 1.165) is 24.1 Å². The van der Waals surface area contributed by atoms with E-state index in [4.69, 9.17) is 0 Å². The third-order valence-corrected chi connectivity index (χ3v) is 5.20. The van der Waals surface area contributed by atoms with Gasteiger partial charge in [-0.05, 0) is 44.5 Å². The second-order valence-electron chi connectivity index (χ2n) is 5.96. The van der Waals surface area contributed by atoms with E-state index in [1.54, 1.807) is 17.4 Å². The molecule has 1 aliphatic rings. The van der Waals surface area contributed by atoms with Crippen LogP contribution >= 0.6 is 11.3 Å². The summed E-state index contributed by atoms with van der Waals surface area (Å²) in [5.41, 5.74) is 5.65. The van der Waals surface area contributed by atoms with Crippen LogP contribution in [0.5, 0.6) is 0 Å².